The highest BCUT2D eigenvalue weighted by Crippen LogP contribution is 2.16. The highest BCUT2D eigenvalue weighted by molar-refractivity contribution is 5.73. The normalized spacial score (nSPS) is 11.7. The van der Waals surface area contributed by atoms with Gasteiger partial charge in [-0.2, -0.15) is 0 Å². The summed E-state index contributed by atoms with van der Waals surface area (Å²) >= 11 is 0. The highest BCUT2D eigenvalue weighted by Gasteiger charge is 2.09. The summed E-state index contributed by atoms with van der Waals surface area (Å²) in [5.41, 5.74) is 0.722. The van der Waals surface area contributed by atoms with Crippen LogP contribution in [0, 0.1) is 0 Å². The van der Waals surface area contributed by atoms with Crippen molar-refractivity contribution in [3.8, 4) is 5.75 Å². The summed E-state index contributed by atoms with van der Waals surface area (Å²) in [5.74, 6) is 0.723. The predicted octanol–water partition coefficient (Wildman–Crippen LogP) is 0.924. The molecule has 0 spiro atoms. The van der Waals surface area contributed by atoms with Gasteiger partial charge in [0.15, 0.2) is 0 Å². The van der Waals surface area contributed by atoms with E-state index in [-0.39, 0.29) is 12.6 Å². The molecule has 7 nitrogen and oxygen atoms in total. The Morgan fingerprint density at radius 1 is 1.36 bits per heavy atom. The van der Waals surface area contributed by atoms with Crippen molar-refractivity contribution in [1.29, 1.82) is 0 Å². The lowest BCUT2D eigenvalue weighted by Crippen LogP contribution is -2.39. The lowest BCUT2D eigenvalue weighted by Gasteiger charge is -2.13. The topological polar surface area (TPSA) is 88.4 Å². The summed E-state index contributed by atoms with van der Waals surface area (Å²) in [6.07, 6.45) is 4.44. The Bertz CT molecular complexity index is 569. The Morgan fingerprint density at radius 3 is 2.77 bits per heavy atom. The Balaban J connectivity index is 1.68. The number of amides is 2. The molecule has 1 aromatic carbocycles. The van der Waals surface area contributed by atoms with E-state index in [0.717, 1.165) is 11.3 Å². The van der Waals surface area contributed by atoms with Crippen molar-refractivity contribution in [3.63, 3.8) is 0 Å². The van der Waals surface area contributed by atoms with E-state index >= 15 is 0 Å². The van der Waals surface area contributed by atoms with Gasteiger partial charge in [0, 0.05) is 32.0 Å². The quantitative estimate of drug-likeness (QED) is 0.710. The van der Waals surface area contributed by atoms with Gasteiger partial charge in [-0.15, -0.1) is 0 Å². The third kappa shape index (κ3) is 4.78. The standard InChI is InChI=1S/C15H20N4O3/c1-22-13-4-2-12(3-5-13)14(20)10-18-15(21)17-7-9-19-8-6-16-11-19/h2-6,8,11,14,20H,7,9-10H2,1H3,(H2,17,18,21)/t14-/m0/s1. The number of methoxy groups -OCH3 is 1. The summed E-state index contributed by atoms with van der Waals surface area (Å²) in [6.45, 7) is 1.28. The summed E-state index contributed by atoms with van der Waals surface area (Å²) in [7, 11) is 1.58. The first-order valence-electron chi connectivity index (χ1n) is 6.98. The van der Waals surface area contributed by atoms with E-state index in [1.54, 1.807) is 43.9 Å². The van der Waals surface area contributed by atoms with E-state index in [2.05, 4.69) is 15.6 Å². The largest absolute Gasteiger partial charge is 0.497 e. The van der Waals surface area contributed by atoms with Crippen LogP contribution >= 0.6 is 0 Å². The van der Waals surface area contributed by atoms with Crippen LogP contribution in [0.5, 0.6) is 5.75 Å². The van der Waals surface area contributed by atoms with Gasteiger partial charge in [-0.25, -0.2) is 9.78 Å². The van der Waals surface area contributed by atoms with Crippen LogP contribution in [0.25, 0.3) is 0 Å². The van der Waals surface area contributed by atoms with E-state index in [1.165, 1.54) is 0 Å². The molecule has 1 heterocycles. The van der Waals surface area contributed by atoms with Gasteiger partial charge < -0.3 is 25.0 Å². The van der Waals surface area contributed by atoms with Crippen molar-refractivity contribution >= 4 is 6.03 Å². The number of urea groups is 1. The fourth-order valence-electron chi connectivity index (χ4n) is 1.91. The van der Waals surface area contributed by atoms with Crippen LogP contribution in [-0.2, 0) is 6.54 Å². The number of nitrogens with zero attached hydrogens (tertiary/aromatic N) is 2. The van der Waals surface area contributed by atoms with Crippen molar-refractivity contribution in [1.82, 2.24) is 20.2 Å². The molecule has 1 atom stereocenters. The van der Waals surface area contributed by atoms with Crippen molar-refractivity contribution in [3.05, 3.63) is 48.5 Å². The number of imidazole rings is 1. The maximum absolute atomic E-state index is 11.6. The molecular weight excluding hydrogens is 284 g/mol. The predicted molar refractivity (Wildman–Crippen MR) is 81.6 cm³/mol. The van der Waals surface area contributed by atoms with E-state index in [9.17, 15) is 9.90 Å². The number of carbonyl (C=O) groups is 1. The number of aromatic nitrogens is 2. The fourth-order valence-corrected chi connectivity index (χ4v) is 1.91. The number of aliphatic hydroxyl groups excluding tert-OH is 1. The van der Waals surface area contributed by atoms with Crippen molar-refractivity contribution in [2.75, 3.05) is 20.2 Å². The van der Waals surface area contributed by atoms with Gasteiger partial charge in [0.2, 0.25) is 0 Å². The number of carbonyl (C=O) groups excluding carboxylic acids is 1. The molecule has 7 heteroatoms. The number of hydrogen-bond acceptors (Lipinski definition) is 4. The third-order valence-electron chi connectivity index (χ3n) is 3.17. The van der Waals surface area contributed by atoms with Crippen LogP contribution < -0.4 is 15.4 Å². The first kappa shape index (κ1) is 15.8. The van der Waals surface area contributed by atoms with Crippen molar-refractivity contribution in [2.24, 2.45) is 0 Å². The number of aliphatic hydroxyl groups is 1. The Labute approximate surface area is 128 Å². The summed E-state index contributed by atoms with van der Waals surface area (Å²) in [4.78, 5) is 15.5. The van der Waals surface area contributed by atoms with E-state index in [0.29, 0.717) is 13.1 Å². The lowest BCUT2D eigenvalue weighted by atomic mass is 10.1. The second kappa shape index (κ2) is 8.04. The minimum atomic E-state index is -0.759. The Morgan fingerprint density at radius 2 is 2.14 bits per heavy atom. The number of benzene rings is 1. The summed E-state index contributed by atoms with van der Waals surface area (Å²) in [5, 5.41) is 15.4. The molecule has 2 aromatic rings. The van der Waals surface area contributed by atoms with Gasteiger partial charge in [0.1, 0.15) is 5.75 Å². The minimum Gasteiger partial charge on any atom is -0.497 e. The van der Waals surface area contributed by atoms with Gasteiger partial charge in [-0.05, 0) is 17.7 Å². The average molecular weight is 304 g/mol. The summed E-state index contributed by atoms with van der Waals surface area (Å²) < 4.78 is 6.92. The number of hydrogen-bond donors (Lipinski definition) is 3. The highest BCUT2D eigenvalue weighted by atomic mass is 16.5. The maximum atomic E-state index is 11.6. The molecular formula is C15H20N4O3. The Kier molecular flexibility index (Phi) is 5.79. The molecule has 0 saturated carbocycles. The van der Waals surface area contributed by atoms with E-state index < -0.39 is 6.10 Å². The zero-order chi connectivity index (χ0) is 15.8. The maximum Gasteiger partial charge on any atom is 0.314 e. The van der Waals surface area contributed by atoms with Crippen LogP contribution in [0.4, 0.5) is 4.79 Å². The molecule has 0 unspecified atom stereocenters. The number of nitrogens with one attached hydrogen (secondary N) is 2. The van der Waals surface area contributed by atoms with Gasteiger partial charge in [-0.3, -0.25) is 0 Å². The molecule has 0 aliphatic rings. The first-order valence-corrected chi connectivity index (χ1v) is 6.98. The van der Waals surface area contributed by atoms with Gasteiger partial charge >= 0.3 is 6.03 Å². The average Bonchev–Trinajstić information content (AvgIpc) is 3.06. The van der Waals surface area contributed by atoms with Gasteiger partial charge in [0.05, 0.1) is 19.5 Å². The fraction of sp³-hybridized carbons (Fsp3) is 0.333. The Hall–Kier alpha value is -2.54. The molecule has 1 aromatic heterocycles. The molecule has 3 N–H and O–H groups in total. The van der Waals surface area contributed by atoms with Crippen LogP contribution in [0.1, 0.15) is 11.7 Å². The van der Waals surface area contributed by atoms with Crippen molar-refractivity contribution in [2.45, 2.75) is 12.6 Å². The molecule has 0 radical (unpaired) electrons. The molecule has 0 aliphatic heterocycles. The smallest absolute Gasteiger partial charge is 0.314 e. The van der Waals surface area contributed by atoms with Crippen LogP contribution in [0.2, 0.25) is 0 Å². The molecule has 2 rings (SSSR count). The molecule has 2 amide bonds. The van der Waals surface area contributed by atoms with Crippen molar-refractivity contribution < 1.29 is 14.6 Å². The van der Waals surface area contributed by atoms with Gasteiger partial charge in [0.25, 0.3) is 0 Å². The molecule has 0 bridgehead atoms. The number of ether oxygens (including phenoxy) is 1. The molecule has 22 heavy (non-hydrogen) atoms. The van der Waals surface area contributed by atoms with E-state index in [1.807, 2.05) is 10.8 Å². The molecule has 0 aliphatic carbocycles. The second-order valence-electron chi connectivity index (χ2n) is 4.73. The first-order chi connectivity index (χ1) is 10.7. The van der Waals surface area contributed by atoms with Crippen LogP contribution in [0.15, 0.2) is 43.0 Å². The van der Waals surface area contributed by atoms with E-state index in [4.69, 9.17) is 4.74 Å². The zero-order valence-corrected chi connectivity index (χ0v) is 12.4. The number of rotatable bonds is 7. The monoisotopic (exact) mass is 304 g/mol. The molecule has 118 valence electrons. The zero-order valence-electron chi connectivity index (χ0n) is 12.4. The van der Waals surface area contributed by atoms with Crippen LogP contribution in [-0.4, -0.2) is 40.9 Å². The minimum absolute atomic E-state index is 0.142. The molecule has 0 fully saturated rings. The van der Waals surface area contributed by atoms with Crippen LogP contribution in [0.3, 0.4) is 0 Å². The van der Waals surface area contributed by atoms with Gasteiger partial charge in [-0.1, -0.05) is 12.1 Å². The lowest BCUT2D eigenvalue weighted by molar-refractivity contribution is 0.173. The molecule has 0 saturated heterocycles. The second-order valence-corrected chi connectivity index (χ2v) is 4.73. The summed E-state index contributed by atoms with van der Waals surface area (Å²) in [6, 6.07) is 6.75. The third-order valence-corrected chi connectivity index (χ3v) is 3.17. The SMILES string of the molecule is COc1ccc([C@@H](O)CNC(=O)NCCn2ccnc2)cc1.